The van der Waals surface area contributed by atoms with Gasteiger partial charge in [-0.15, -0.1) is 0 Å². The van der Waals surface area contributed by atoms with E-state index in [2.05, 4.69) is 31.0 Å². The molecule has 1 aromatic rings. The van der Waals surface area contributed by atoms with Crippen molar-refractivity contribution in [3.63, 3.8) is 0 Å². The second kappa shape index (κ2) is 6.95. The Morgan fingerprint density at radius 1 is 1.16 bits per heavy atom. The van der Waals surface area contributed by atoms with E-state index in [1.807, 2.05) is 12.1 Å². The zero-order valence-corrected chi connectivity index (χ0v) is 12.4. The minimum absolute atomic E-state index is 0.785. The normalized spacial score (nSPS) is 23.7. The first kappa shape index (κ1) is 14.4. The molecule has 2 nitrogen and oxygen atoms in total. The van der Waals surface area contributed by atoms with E-state index in [1.54, 1.807) is 0 Å². The van der Waals surface area contributed by atoms with Crippen molar-refractivity contribution >= 4 is 5.69 Å². The Balaban J connectivity index is 1.79. The molecule has 0 atom stereocenters. The highest BCUT2D eigenvalue weighted by Crippen LogP contribution is 2.29. The van der Waals surface area contributed by atoms with Crippen molar-refractivity contribution in [2.75, 3.05) is 19.3 Å². The van der Waals surface area contributed by atoms with Crippen molar-refractivity contribution in [2.45, 2.75) is 51.5 Å². The Morgan fingerprint density at radius 2 is 1.84 bits per heavy atom. The van der Waals surface area contributed by atoms with E-state index in [1.165, 1.54) is 37.7 Å². The predicted octanol–water partition coefficient (Wildman–Crippen LogP) is 3.71. The van der Waals surface area contributed by atoms with Crippen LogP contribution >= 0.6 is 0 Å². The van der Waals surface area contributed by atoms with Gasteiger partial charge in [-0.2, -0.15) is 0 Å². The smallest absolute Gasteiger partial charge is 0.0347 e. The summed E-state index contributed by atoms with van der Waals surface area (Å²) in [5.41, 5.74) is 8.23. The number of hydrogen-bond acceptors (Lipinski definition) is 2. The molecule has 19 heavy (non-hydrogen) atoms. The van der Waals surface area contributed by atoms with E-state index in [0.29, 0.717) is 0 Å². The molecule has 0 heterocycles. The van der Waals surface area contributed by atoms with E-state index in [4.69, 9.17) is 5.73 Å². The summed E-state index contributed by atoms with van der Waals surface area (Å²) < 4.78 is 0. The zero-order valence-electron chi connectivity index (χ0n) is 12.4. The lowest BCUT2D eigenvalue weighted by atomic mass is 9.84. The van der Waals surface area contributed by atoms with Crippen molar-refractivity contribution in [3.05, 3.63) is 29.8 Å². The largest absolute Gasteiger partial charge is 0.399 e. The van der Waals surface area contributed by atoms with E-state index in [0.717, 1.165) is 30.6 Å². The lowest BCUT2D eigenvalue weighted by molar-refractivity contribution is 0.165. The Kier molecular flexibility index (Phi) is 5.26. The molecule has 1 aliphatic rings. The van der Waals surface area contributed by atoms with Gasteiger partial charge in [0.2, 0.25) is 0 Å². The van der Waals surface area contributed by atoms with Crippen LogP contribution in [0.3, 0.4) is 0 Å². The molecule has 1 saturated carbocycles. The van der Waals surface area contributed by atoms with Gasteiger partial charge in [0.15, 0.2) is 0 Å². The number of benzene rings is 1. The fraction of sp³-hybridized carbons (Fsp3) is 0.647. The van der Waals surface area contributed by atoms with Crippen molar-refractivity contribution < 1.29 is 0 Å². The predicted molar refractivity (Wildman–Crippen MR) is 83.2 cm³/mol. The Morgan fingerprint density at radius 3 is 2.47 bits per heavy atom. The molecule has 0 spiro atoms. The van der Waals surface area contributed by atoms with Gasteiger partial charge in [-0.05, 0) is 56.7 Å². The minimum atomic E-state index is 0.785. The second-order valence-corrected chi connectivity index (χ2v) is 6.01. The van der Waals surface area contributed by atoms with Crippen molar-refractivity contribution in [1.82, 2.24) is 4.90 Å². The molecule has 0 aromatic heterocycles. The van der Waals surface area contributed by atoms with Gasteiger partial charge in [0.1, 0.15) is 0 Å². The summed E-state index contributed by atoms with van der Waals surface area (Å²) in [6, 6.07) is 9.03. The number of nitrogens with two attached hydrogens (primary N) is 1. The molecule has 0 bridgehead atoms. The standard InChI is InChI=1S/C17H28N2/c1-3-14-8-10-16(11-9-14)19(2)13-12-15-6-4-5-7-17(15)18/h4-7,14,16H,3,8-13,18H2,1-2H3. The number of nitrogen functional groups attached to an aromatic ring is 1. The molecule has 0 saturated heterocycles. The third kappa shape index (κ3) is 3.97. The lowest BCUT2D eigenvalue weighted by Crippen LogP contribution is -2.36. The average molecular weight is 260 g/mol. The fourth-order valence-corrected chi connectivity index (χ4v) is 3.24. The van der Waals surface area contributed by atoms with Gasteiger partial charge in [0.05, 0.1) is 0 Å². The lowest BCUT2D eigenvalue weighted by Gasteiger charge is -2.34. The van der Waals surface area contributed by atoms with Crippen LogP contribution in [0, 0.1) is 5.92 Å². The molecule has 1 aliphatic carbocycles. The van der Waals surface area contributed by atoms with E-state index < -0.39 is 0 Å². The van der Waals surface area contributed by atoms with Gasteiger partial charge >= 0.3 is 0 Å². The summed E-state index contributed by atoms with van der Waals surface area (Å²) in [5.74, 6) is 0.981. The van der Waals surface area contributed by atoms with Crippen LogP contribution in [-0.4, -0.2) is 24.5 Å². The molecule has 2 N–H and O–H groups in total. The monoisotopic (exact) mass is 260 g/mol. The highest BCUT2D eigenvalue weighted by Gasteiger charge is 2.22. The van der Waals surface area contributed by atoms with Gasteiger partial charge in [-0.25, -0.2) is 0 Å². The quantitative estimate of drug-likeness (QED) is 0.818. The van der Waals surface area contributed by atoms with Crippen LogP contribution in [0.1, 0.15) is 44.6 Å². The zero-order chi connectivity index (χ0) is 13.7. The maximum absolute atomic E-state index is 6.00. The Labute approximate surface area is 118 Å². The molecule has 1 aromatic carbocycles. The average Bonchev–Trinajstić information content (AvgIpc) is 2.46. The number of hydrogen-bond donors (Lipinski definition) is 1. The first-order valence-corrected chi connectivity index (χ1v) is 7.74. The van der Waals surface area contributed by atoms with Crippen molar-refractivity contribution in [2.24, 2.45) is 5.92 Å². The SMILES string of the molecule is CCC1CCC(N(C)CCc2ccccc2N)CC1. The van der Waals surface area contributed by atoms with Crippen LogP contribution in [0.5, 0.6) is 0 Å². The molecule has 2 rings (SSSR count). The van der Waals surface area contributed by atoms with Gasteiger partial charge in [0, 0.05) is 18.3 Å². The highest BCUT2D eigenvalue weighted by molar-refractivity contribution is 5.46. The summed E-state index contributed by atoms with van der Waals surface area (Å²) in [4.78, 5) is 2.54. The fourth-order valence-electron chi connectivity index (χ4n) is 3.24. The van der Waals surface area contributed by atoms with Crippen molar-refractivity contribution in [3.8, 4) is 0 Å². The van der Waals surface area contributed by atoms with Crippen LogP contribution in [0.2, 0.25) is 0 Å². The molecular formula is C17H28N2. The topological polar surface area (TPSA) is 29.3 Å². The first-order chi connectivity index (χ1) is 9.20. The Hall–Kier alpha value is -1.02. The first-order valence-electron chi connectivity index (χ1n) is 7.74. The van der Waals surface area contributed by atoms with Crippen molar-refractivity contribution in [1.29, 1.82) is 0 Å². The molecule has 106 valence electrons. The van der Waals surface area contributed by atoms with Crippen LogP contribution in [0.15, 0.2) is 24.3 Å². The van der Waals surface area contributed by atoms with Crippen LogP contribution in [-0.2, 0) is 6.42 Å². The second-order valence-electron chi connectivity index (χ2n) is 6.01. The maximum atomic E-state index is 6.00. The summed E-state index contributed by atoms with van der Waals surface area (Å²) >= 11 is 0. The summed E-state index contributed by atoms with van der Waals surface area (Å²) in [6.07, 6.45) is 8.00. The van der Waals surface area contributed by atoms with E-state index >= 15 is 0 Å². The van der Waals surface area contributed by atoms with Gasteiger partial charge in [-0.1, -0.05) is 31.5 Å². The van der Waals surface area contributed by atoms with E-state index in [9.17, 15) is 0 Å². The van der Waals surface area contributed by atoms with Crippen LogP contribution in [0.4, 0.5) is 5.69 Å². The summed E-state index contributed by atoms with van der Waals surface area (Å²) in [6.45, 7) is 3.45. The van der Waals surface area contributed by atoms with Gasteiger partial charge in [0.25, 0.3) is 0 Å². The highest BCUT2D eigenvalue weighted by atomic mass is 15.1. The summed E-state index contributed by atoms with van der Waals surface area (Å²) in [5, 5.41) is 0. The minimum Gasteiger partial charge on any atom is -0.399 e. The maximum Gasteiger partial charge on any atom is 0.0347 e. The number of para-hydroxylation sites is 1. The number of nitrogens with zero attached hydrogens (tertiary/aromatic N) is 1. The van der Waals surface area contributed by atoms with Crippen LogP contribution in [0.25, 0.3) is 0 Å². The third-order valence-electron chi connectivity index (χ3n) is 4.81. The number of likely N-dealkylation sites (N-methyl/N-ethyl adjacent to an activating group) is 1. The summed E-state index contributed by atoms with van der Waals surface area (Å²) in [7, 11) is 2.27. The molecule has 0 unspecified atom stereocenters. The van der Waals surface area contributed by atoms with Gasteiger partial charge < -0.3 is 10.6 Å². The van der Waals surface area contributed by atoms with Crippen LogP contribution < -0.4 is 5.73 Å². The molecule has 1 fully saturated rings. The molecular weight excluding hydrogens is 232 g/mol. The number of rotatable bonds is 5. The van der Waals surface area contributed by atoms with Gasteiger partial charge in [-0.3, -0.25) is 0 Å². The molecule has 2 heteroatoms. The molecule has 0 aliphatic heterocycles. The number of anilines is 1. The third-order valence-corrected chi connectivity index (χ3v) is 4.81. The Bertz CT molecular complexity index is 381. The van der Waals surface area contributed by atoms with E-state index in [-0.39, 0.29) is 0 Å². The molecule has 0 radical (unpaired) electrons. The molecule has 0 amide bonds.